The van der Waals surface area contributed by atoms with Gasteiger partial charge in [0.05, 0.1) is 6.61 Å². The third kappa shape index (κ3) is 7.57. The summed E-state index contributed by atoms with van der Waals surface area (Å²) in [6, 6.07) is 0. The summed E-state index contributed by atoms with van der Waals surface area (Å²) in [5.74, 6) is 0.694. The van der Waals surface area contributed by atoms with Crippen LogP contribution >= 0.6 is 0 Å². The van der Waals surface area contributed by atoms with Gasteiger partial charge in [0.1, 0.15) is 0 Å². The molecular formula is C11H20O2. The zero-order valence-electron chi connectivity index (χ0n) is 8.50. The van der Waals surface area contributed by atoms with Gasteiger partial charge in [0.15, 0.2) is 0 Å². The van der Waals surface area contributed by atoms with Crippen LogP contribution in [0, 0.1) is 5.92 Å². The number of hydrogen-bond donors (Lipinski definition) is 0. The Balaban J connectivity index is 3.38. The Bertz CT molecular complexity index is 118. The molecule has 0 amide bonds. The Morgan fingerprint density at radius 1 is 1.46 bits per heavy atom. The van der Waals surface area contributed by atoms with Crippen LogP contribution in [0.4, 0.5) is 0 Å². The molecule has 2 heteroatoms. The summed E-state index contributed by atoms with van der Waals surface area (Å²) < 4.78 is 4.67. The zero-order valence-corrected chi connectivity index (χ0v) is 8.50. The second-order valence-electron chi connectivity index (χ2n) is 3.25. The third-order valence-electron chi connectivity index (χ3n) is 2.31. The lowest BCUT2D eigenvalue weighted by molar-refractivity contribution is -0.129. The lowest BCUT2D eigenvalue weighted by Gasteiger charge is -2.12. The quantitative estimate of drug-likeness (QED) is 0.313. The average Bonchev–Trinajstić information content (AvgIpc) is 2.16. The summed E-state index contributed by atoms with van der Waals surface area (Å²) in [6.45, 7) is 6.96. The Kier molecular flexibility index (Phi) is 8.73. The molecule has 0 bridgehead atoms. The molecule has 1 unspecified atom stereocenters. The van der Waals surface area contributed by atoms with E-state index in [1.807, 2.05) is 6.08 Å². The minimum absolute atomic E-state index is 0.524. The number of unbranched alkanes of at least 4 members (excludes halogenated alkanes) is 1. The SMILES string of the molecule is C=CCCCC(CC)CCOC=O. The molecule has 0 spiro atoms. The number of carbonyl (C=O) groups is 1. The van der Waals surface area contributed by atoms with Gasteiger partial charge in [-0.2, -0.15) is 0 Å². The van der Waals surface area contributed by atoms with Crippen LogP contribution in [0.2, 0.25) is 0 Å². The van der Waals surface area contributed by atoms with Crippen molar-refractivity contribution in [2.24, 2.45) is 5.92 Å². The lowest BCUT2D eigenvalue weighted by Crippen LogP contribution is -2.03. The van der Waals surface area contributed by atoms with Crippen molar-refractivity contribution in [2.45, 2.75) is 39.0 Å². The van der Waals surface area contributed by atoms with Crippen LogP contribution in [0.5, 0.6) is 0 Å². The number of allylic oxidation sites excluding steroid dienone is 1. The van der Waals surface area contributed by atoms with Gasteiger partial charge >= 0.3 is 0 Å². The van der Waals surface area contributed by atoms with E-state index in [9.17, 15) is 4.79 Å². The molecule has 0 radical (unpaired) electrons. The predicted molar refractivity (Wildman–Crippen MR) is 54.5 cm³/mol. The van der Waals surface area contributed by atoms with Crippen LogP contribution in [-0.2, 0) is 9.53 Å². The van der Waals surface area contributed by atoms with Gasteiger partial charge in [-0.1, -0.05) is 25.8 Å². The first-order valence-electron chi connectivity index (χ1n) is 5.01. The molecule has 0 aliphatic carbocycles. The molecule has 0 fully saturated rings. The first kappa shape index (κ1) is 12.2. The molecule has 0 aromatic carbocycles. The molecular weight excluding hydrogens is 164 g/mol. The highest BCUT2D eigenvalue weighted by Crippen LogP contribution is 2.16. The third-order valence-corrected chi connectivity index (χ3v) is 2.31. The van der Waals surface area contributed by atoms with Crippen LogP contribution in [0.1, 0.15) is 39.0 Å². The van der Waals surface area contributed by atoms with E-state index in [-0.39, 0.29) is 0 Å². The summed E-state index contributed by atoms with van der Waals surface area (Å²) in [5.41, 5.74) is 0. The second kappa shape index (κ2) is 9.30. The van der Waals surface area contributed by atoms with Gasteiger partial charge in [-0.05, 0) is 25.2 Å². The molecule has 0 aromatic heterocycles. The Hall–Kier alpha value is -0.790. The fraction of sp³-hybridized carbons (Fsp3) is 0.727. The molecule has 0 saturated heterocycles. The van der Waals surface area contributed by atoms with Crippen molar-refractivity contribution < 1.29 is 9.53 Å². The molecule has 0 N–H and O–H groups in total. The van der Waals surface area contributed by atoms with E-state index in [1.54, 1.807) is 0 Å². The van der Waals surface area contributed by atoms with E-state index in [2.05, 4.69) is 18.2 Å². The van der Waals surface area contributed by atoms with Crippen LogP contribution < -0.4 is 0 Å². The first-order valence-corrected chi connectivity index (χ1v) is 5.01. The van der Waals surface area contributed by atoms with Crippen molar-refractivity contribution in [2.75, 3.05) is 6.61 Å². The van der Waals surface area contributed by atoms with Crippen molar-refractivity contribution in [3.05, 3.63) is 12.7 Å². The summed E-state index contributed by atoms with van der Waals surface area (Å²) in [4.78, 5) is 9.90. The standard InChI is InChI=1S/C11H20O2/c1-3-5-6-7-11(4-2)8-9-13-10-12/h3,10-11H,1,4-9H2,2H3. The first-order chi connectivity index (χ1) is 6.35. The smallest absolute Gasteiger partial charge is 0.293 e. The van der Waals surface area contributed by atoms with Gasteiger partial charge in [-0.25, -0.2) is 0 Å². The van der Waals surface area contributed by atoms with Gasteiger partial charge in [-0.3, -0.25) is 4.79 Å². The van der Waals surface area contributed by atoms with Crippen molar-refractivity contribution >= 4 is 6.47 Å². The summed E-state index contributed by atoms with van der Waals surface area (Å²) >= 11 is 0. The summed E-state index contributed by atoms with van der Waals surface area (Å²) in [7, 11) is 0. The van der Waals surface area contributed by atoms with Gasteiger partial charge in [-0.15, -0.1) is 6.58 Å². The zero-order chi connectivity index (χ0) is 9.94. The monoisotopic (exact) mass is 184 g/mol. The van der Waals surface area contributed by atoms with E-state index >= 15 is 0 Å². The van der Waals surface area contributed by atoms with Gasteiger partial charge in [0.25, 0.3) is 6.47 Å². The van der Waals surface area contributed by atoms with Crippen LogP contribution in [0.15, 0.2) is 12.7 Å². The maximum Gasteiger partial charge on any atom is 0.293 e. The van der Waals surface area contributed by atoms with Gasteiger partial charge < -0.3 is 4.74 Å². The molecule has 0 heterocycles. The Morgan fingerprint density at radius 2 is 2.23 bits per heavy atom. The summed E-state index contributed by atoms with van der Waals surface area (Å²) in [5, 5.41) is 0. The van der Waals surface area contributed by atoms with Crippen molar-refractivity contribution in [3.63, 3.8) is 0 Å². The minimum atomic E-state index is 0.524. The van der Waals surface area contributed by atoms with Gasteiger partial charge in [0.2, 0.25) is 0 Å². The van der Waals surface area contributed by atoms with Crippen molar-refractivity contribution in [1.29, 1.82) is 0 Å². The van der Waals surface area contributed by atoms with E-state index in [0.717, 1.165) is 12.8 Å². The number of carbonyl (C=O) groups excluding carboxylic acids is 1. The molecule has 0 aromatic rings. The van der Waals surface area contributed by atoms with E-state index in [1.165, 1.54) is 19.3 Å². The van der Waals surface area contributed by atoms with Gasteiger partial charge in [0, 0.05) is 0 Å². The molecule has 0 aliphatic rings. The van der Waals surface area contributed by atoms with Crippen molar-refractivity contribution in [1.82, 2.24) is 0 Å². The fourth-order valence-corrected chi connectivity index (χ4v) is 1.39. The molecule has 76 valence electrons. The predicted octanol–water partition coefficient (Wildman–Crippen LogP) is 2.93. The topological polar surface area (TPSA) is 26.3 Å². The molecule has 1 atom stereocenters. The second-order valence-corrected chi connectivity index (χ2v) is 3.25. The molecule has 0 saturated carbocycles. The average molecular weight is 184 g/mol. The van der Waals surface area contributed by atoms with Crippen LogP contribution in [0.25, 0.3) is 0 Å². The van der Waals surface area contributed by atoms with E-state index in [4.69, 9.17) is 0 Å². The van der Waals surface area contributed by atoms with Crippen LogP contribution in [-0.4, -0.2) is 13.1 Å². The summed E-state index contributed by atoms with van der Waals surface area (Å²) in [6.07, 6.45) is 7.61. The lowest BCUT2D eigenvalue weighted by atomic mass is 9.96. The molecule has 0 aliphatic heterocycles. The molecule has 2 nitrogen and oxygen atoms in total. The number of ether oxygens (including phenoxy) is 1. The molecule has 0 rings (SSSR count). The van der Waals surface area contributed by atoms with Crippen LogP contribution in [0.3, 0.4) is 0 Å². The number of hydrogen-bond acceptors (Lipinski definition) is 2. The Morgan fingerprint density at radius 3 is 2.77 bits per heavy atom. The minimum Gasteiger partial charge on any atom is -0.468 e. The fourth-order valence-electron chi connectivity index (χ4n) is 1.39. The van der Waals surface area contributed by atoms with E-state index in [0.29, 0.717) is 19.0 Å². The van der Waals surface area contributed by atoms with Crippen molar-refractivity contribution in [3.8, 4) is 0 Å². The highest BCUT2D eigenvalue weighted by Gasteiger charge is 2.05. The largest absolute Gasteiger partial charge is 0.468 e. The highest BCUT2D eigenvalue weighted by atomic mass is 16.5. The highest BCUT2D eigenvalue weighted by molar-refractivity contribution is 5.36. The molecule has 13 heavy (non-hydrogen) atoms. The maximum absolute atomic E-state index is 9.90. The maximum atomic E-state index is 9.90. The number of rotatable bonds is 9. The van der Waals surface area contributed by atoms with E-state index < -0.39 is 0 Å². The Labute approximate surface area is 81.0 Å². The normalized spacial score (nSPS) is 12.1.